The maximum atomic E-state index is 10.9. The molecule has 0 saturated carbocycles. The molecule has 7 nitrogen and oxygen atoms in total. The van der Waals surface area contributed by atoms with E-state index < -0.39 is 0 Å². The van der Waals surface area contributed by atoms with E-state index in [1.807, 2.05) is 30.3 Å². The van der Waals surface area contributed by atoms with Crippen LogP contribution in [0.1, 0.15) is 45.5 Å². The Labute approximate surface area is 226 Å². The van der Waals surface area contributed by atoms with Gasteiger partial charge in [-0.05, 0) is 109 Å². The number of benzene rings is 4. The van der Waals surface area contributed by atoms with Crippen molar-refractivity contribution in [2.45, 2.75) is 37.8 Å². The Morgan fingerprint density at radius 2 is 1.33 bits per heavy atom. The van der Waals surface area contributed by atoms with E-state index in [9.17, 15) is 10.2 Å². The van der Waals surface area contributed by atoms with Crippen molar-refractivity contribution in [1.82, 2.24) is 10.6 Å². The molecule has 0 saturated heterocycles. The van der Waals surface area contributed by atoms with Gasteiger partial charge in [-0.2, -0.15) is 0 Å². The lowest BCUT2D eigenvalue weighted by Gasteiger charge is -2.34. The highest BCUT2D eigenvalue weighted by molar-refractivity contribution is 5.67. The van der Waals surface area contributed by atoms with Gasteiger partial charge in [-0.3, -0.25) is 0 Å². The standard InChI is InChI=1S/C32H28N2O5/c35-25-6-3-18-12-23-22-16-29-28(15-19(22)7-9-33-23)38-31-26(36)14-20-8-10-34-24(30(20)32(31)39-29)11-17-1-4-21(5-2-17)37-27(25)13-18/h1-6,13-16,23-24,33-36H,7-12H2/t23-,24-/m0/s1. The van der Waals surface area contributed by atoms with Crippen LogP contribution in [0, 0.1) is 0 Å². The summed E-state index contributed by atoms with van der Waals surface area (Å²) in [5.74, 6) is 3.60. The molecule has 0 spiro atoms. The summed E-state index contributed by atoms with van der Waals surface area (Å²) in [6.07, 6.45) is 3.13. The predicted molar refractivity (Wildman–Crippen MR) is 146 cm³/mol. The van der Waals surface area contributed by atoms with Crippen molar-refractivity contribution in [2.75, 3.05) is 13.1 Å². The molecule has 4 aromatic carbocycles. The first-order valence-corrected chi connectivity index (χ1v) is 13.6. The molecule has 0 unspecified atom stereocenters. The van der Waals surface area contributed by atoms with Crippen LogP contribution in [0.3, 0.4) is 0 Å². The molecule has 7 bridgehead atoms. The van der Waals surface area contributed by atoms with Gasteiger partial charge in [0.1, 0.15) is 5.75 Å². The fourth-order valence-electron chi connectivity index (χ4n) is 6.41. The highest BCUT2D eigenvalue weighted by Gasteiger charge is 2.34. The third kappa shape index (κ3) is 3.80. The first-order chi connectivity index (χ1) is 19.1. The molecular weight excluding hydrogens is 492 g/mol. The number of fused-ring (bicyclic) bond motifs is 2. The zero-order valence-electron chi connectivity index (χ0n) is 21.3. The normalized spacial score (nSPS) is 20.3. The Balaban J connectivity index is 1.31. The van der Waals surface area contributed by atoms with Crippen molar-refractivity contribution in [3.63, 3.8) is 0 Å². The molecule has 0 amide bonds. The molecule has 5 heterocycles. The second-order valence-corrected chi connectivity index (χ2v) is 10.8. The van der Waals surface area contributed by atoms with Crippen LogP contribution in [0.2, 0.25) is 0 Å². The van der Waals surface area contributed by atoms with Gasteiger partial charge in [0, 0.05) is 17.6 Å². The summed E-state index contributed by atoms with van der Waals surface area (Å²) < 4.78 is 19.1. The second-order valence-electron chi connectivity index (χ2n) is 10.8. The maximum absolute atomic E-state index is 10.9. The fraction of sp³-hybridized carbons (Fsp3) is 0.250. The van der Waals surface area contributed by atoms with E-state index in [-0.39, 0.29) is 23.6 Å². The molecule has 2 atom stereocenters. The lowest BCUT2D eigenvalue weighted by molar-refractivity contribution is 0.325. The van der Waals surface area contributed by atoms with Crippen molar-refractivity contribution >= 4 is 0 Å². The molecule has 5 aliphatic rings. The average Bonchev–Trinajstić information content (AvgIpc) is 2.94. The number of nitrogens with one attached hydrogen (secondary N) is 2. The molecule has 4 N–H and O–H groups in total. The van der Waals surface area contributed by atoms with Crippen LogP contribution in [-0.2, 0) is 25.7 Å². The van der Waals surface area contributed by atoms with Gasteiger partial charge in [0.05, 0.1) is 0 Å². The number of rotatable bonds is 0. The molecule has 0 aromatic heterocycles. The molecule has 5 aliphatic heterocycles. The first kappa shape index (κ1) is 22.8. The molecular formula is C32H28N2O5. The molecule has 7 heteroatoms. The molecule has 196 valence electrons. The van der Waals surface area contributed by atoms with Crippen LogP contribution in [0.4, 0.5) is 0 Å². The van der Waals surface area contributed by atoms with Gasteiger partial charge in [-0.15, -0.1) is 0 Å². The van der Waals surface area contributed by atoms with Crippen molar-refractivity contribution in [2.24, 2.45) is 0 Å². The summed E-state index contributed by atoms with van der Waals surface area (Å²) in [5, 5.41) is 28.8. The van der Waals surface area contributed by atoms with Crippen LogP contribution >= 0.6 is 0 Å². The highest BCUT2D eigenvalue weighted by Crippen LogP contribution is 2.55. The quantitative estimate of drug-likeness (QED) is 0.200. The summed E-state index contributed by atoms with van der Waals surface area (Å²) in [4.78, 5) is 0. The fourth-order valence-corrected chi connectivity index (χ4v) is 6.41. The summed E-state index contributed by atoms with van der Waals surface area (Å²) in [6, 6.07) is 19.6. The summed E-state index contributed by atoms with van der Waals surface area (Å²) in [7, 11) is 0. The highest BCUT2D eigenvalue weighted by atomic mass is 16.6. The van der Waals surface area contributed by atoms with E-state index in [0.717, 1.165) is 61.0 Å². The first-order valence-electron chi connectivity index (χ1n) is 13.6. The Morgan fingerprint density at radius 3 is 2.21 bits per heavy atom. The minimum absolute atomic E-state index is 0.00771. The smallest absolute Gasteiger partial charge is 0.212 e. The van der Waals surface area contributed by atoms with Crippen molar-refractivity contribution in [3.05, 3.63) is 94.0 Å². The number of ether oxygens (including phenoxy) is 3. The zero-order chi connectivity index (χ0) is 26.1. The number of phenols is 2. The maximum Gasteiger partial charge on any atom is 0.212 e. The third-order valence-electron chi connectivity index (χ3n) is 8.32. The summed E-state index contributed by atoms with van der Waals surface area (Å²) in [6.45, 7) is 1.65. The van der Waals surface area contributed by atoms with Gasteiger partial charge in [-0.1, -0.05) is 18.2 Å². The SMILES string of the molecule is Oc1ccc2cc1Oc1ccc(cc1)C[C@@H]1NCCc3cc(O)c4c(c31)Oc1cc3c(cc1O4)CCN[C@H]3C2. The average molecular weight is 521 g/mol. The monoisotopic (exact) mass is 520 g/mol. The Bertz CT molecular complexity index is 1630. The van der Waals surface area contributed by atoms with Crippen molar-refractivity contribution < 1.29 is 24.4 Å². The minimum atomic E-state index is -0.00771. The molecule has 4 aromatic rings. The number of hydrogen-bond acceptors (Lipinski definition) is 7. The Hall–Kier alpha value is -4.20. The van der Waals surface area contributed by atoms with Crippen LogP contribution in [0.5, 0.6) is 46.0 Å². The van der Waals surface area contributed by atoms with Gasteiger partial charge in [0.25, 0.3) is 0 Å². The largest absolute Gasteiger partial charge is 0.504 e. The number of aromatic hydroxyl groups is 2. The van der Waals surface area contributed by atoms with Crippen LogP contribution in [0.15, 0.2) is 60.7 Å². The molecule has 0 radical (unpaired) electrons. The lowest BCUT2D eigenvalue weighted by atomic mass is 9.88. The predicted octanol–water partition coefficient (Wildman–Crippen LogP) is 5.96. The summed E-state index contributed by atoms with van der Waals surface area (Å²) in [5.41, 5.74) is 6.66. The zero-order valence-corrected chi connectivity index (χ0v) is 21.3. The van der Waals surface area contributed by atoms with Gasteiger partial charge in [0.15, 0.2) is 34.5 Å². The van der Waals surface area contributed by atoms with Gasteiger partial charge in [0.2, 0.25) is 5.75 Å². The molecule has 39 heavy (non-hydrogen) atoms. The third-order valence-corrected chi connectivity index (χ3v) is 8.32. The van der Waals surface area contributed by atoms with Gasteiger partial charge in [-0.25, -0.2) is 0 Å². The number of hydrogen-bond donors (Lipinski definition) is 4. The topological polar surface area (TPSA) is 92.2 Å². The second kappa shape index (κ2) is 8.66. The van der Waals surface area contributed by atoms with Gasteiger partial charge < -0.3 is 35.1 Å². The summed E-state index contributed by atoms with van der Waals surface area (Å²) >= 11 is 0. The Morgan fingerprint density at radius 1 is 0.615 bits per heavy atom. The van der Waals surface area contributed by atoms with Crippen molar-refractivity contribution in [1.29, 1.82) is 0 Å². The Kier molecular flexibility index (Phi) is 5.05. The van der Waals surface area contributed by atoms with E-state index in [1.165, 1.54) is 11.1 Å². The van der Waals surface area contributed by atoms with E-state index >= 15 is 0 Å². The van der Waals surface area contributed by atoms with Crippen LogP contribution in [0.25, 0.3) is 0 Å². The minimum Gasteiger partial charge on any atom is -0.504 e. The van der Waals surface area contributed by atoms with E-state index in [0.29, 0.717) is 34.5 Å². The molecule has 9 rings (SSSR count). The van der Waals surface area contributed by atoms with Crippen LogP contribution < -0.4 is 24.8 Å². The van der Waals surface area contributed by atoms with Crippen LogP contribution in [-0.4, -0.2) is 23.3 Å². The number of phenolic OH excluding ortho intramolecular Hbond substituents is 2. The van der Waals surface area contributed by atoms with E-state index in [2.05, 4.69) is 34.9 Å². The lowest BCUT2D eigenvalue weighted by Crippen LogP contribution is -2.32. The van der Waals surface area contributed by atoms with E-state index in [1.54, 1.807) is 6.07 Å². The van der Waals surface area contributed by atoms with Crippen molar-refractivity contribution in [3.8, 4) is 46.0 Å². The van der Waals surface area contributed by atoms with E-state index in [4.69, 9.17) is 14.2 Å². The van der Waals surface area contributed by atoms with Gasteiger partial charge >= 0.3 is 0 Å². The molecule has 0 fully saturated rings. The molecule has 0 aliphatic carbocycles.